The Morgan fingerprint density at radius 2 is 2.53 bits per heavy atom. The van der Waals surface area contributed by atoms with Crippen LogP contribution < -0.4 is 11.3 Å². The maximum Gasteiger partial charge on any atom is 0.110 e. The molecule has 0 radical (unpaired) electrons. The summed E-state index contributed by atoms with van der Waals surface area (Å²) in [4.78, 5) is 4.25. The number of nitrogens with one attached hydrogen (secondary N) is 1. The van der Waals surface area contributed by atoms with Crippen molar-refractivity contribution >= 4 is 0 Å². The first-order valence-electron chi connectivity index (χ1n) is 4.75. The van der Waals surface area contributed by atoms with E-state index in [1.54, 1.807) is 18.7 Å². The summed E-state index contributed by atoms with van der Waals surface area (Å²) in [5.41, 5.74) is 3.78. The summed E-state index contributed by atoms with van der Waals surface area (Å²) in [6, 6.07) is 1.93. The SMILES string of the molecule is Cn1ccnc1CC(NN)c1ccoc1. The van der Waals surface area contributed by atoms with Crippen molar-refractivity contribution in [3.05, 3.63) is 42.4 Å². The molecule has 3 N–H and O–H groups in total. The number of nitrogens with zero attached hydrogens (tertiary/aromatic N) is 2. The molecule has 1 unspecified atom stereocenters. The molecule has 2 aromatic heterocycles. The molecular weight excluding hydrogens is 192 g/mol. The Kier molecular flexibility index (Phi) is 2.84. The van der Waals surface area contributed by atoms with Crippen LogP contribution in [0, 0.1) is 0 Å². The van der Waals surface area contributed by atoms with Gasteiger partial charge in [-0.3, -0.25) is 11.3 Å². The molecule has 0 amide bonds. The minimum absolute atomic E-state index is 0.0323. The summed E-state index contributed by atoms with van der Waals surface area (Å²) in [5, 5.41) is 0. The van der Waals surface area contributed by atoms with E-state index in [0.29, 0.717) is 0 Å². The smallest absolute Gasteiger partial charge is 0.110 e. The van der Waals surface area contributed by atoms with E-state index in [4.69, 9.17) is 10.3 Å². The number of nitrogens with two attached hydrogens (primary N) is 1. The number of imidazole rings is 1. The molecule has 0 bridgehead atoms. The molecule has 0 saturated heterocycles. The first kappa shape index (κ1) is 9.95. The highest BCUT2D eigenvalue weighted by Crippen LogP contribution is 2.16. The molecule has 2 heterocycles. The van der Waals surface area contributed by atoms with Gasteiger partial charge < -0.3 is 8.98 Å². The van der Waals surface area contributed by atoms with Crippen LogP contribution in [0.2, 0.25) is 0 Å². The fourth-order valence-electron chi connectivity index (χ4n) is 1.52. The summed E-state index contributed by atoms with van der Waals surface area (Å²) < 4.78 is 7.00. The second kappa shape index (κ2) is 4.29. The Balaban J connectivity index is 2.13. The van der Waals surface area contributed by atoms with Crippen molar-refractivity contribution in [1.29, 1.82) is 0 Å². The van der Waals surface area contributed by atoms with Crippen LogP contribution in [0.5, 0.6) is 0 Å². The summed E-state index contributed by atoms with van der Waals surface area (Å²) in [6.45, 7) is 0. The van der Waals surface area contributed by atoms with Gasteiger partial charge in [0.15, 0.2) is 0 Å². The zero-order valence-electron chi connectivity index (χ0n) is 8.55. The van der Waals surface area contributed by atoms with Crippen LogP contribution in [0.15, 0.2) is 35.4 Å². The van der Waals surface area contributed by atoms with Crippen molar-refractivity contribution in [3.63, 3.8) is 0 Å². The van der Waals surface area contributed by atoms with E-state index in [1.165, 1.54) is 0 Å². The first-order valence-corrected chi connectivity index (χ1v) is 4.75. The normalized spacial score (nSPS) is 12.9. The van der Waals surface area contributed by atoms with Crippen molar-refractivity contribution in [2.75, 3.05) is 0 Å². The van der Waals surface area contributed by atoms with Crippen molar-refractivity contribution < 1.29 is 4.42 Å². The number of aryl methyl sites for hydroxylation is 1. The molecule has 5 heteroatoms. The van der Waals surface area contributed by atoms with E-state index in [2.05, 4.69) is 10.4 Å². The molecule has 1 atom stereocenters. The Bertz CT molecular complexity index is 407. The van der Waals surface area contributed by atoms with Crippen molar-refractivity contribution in [2.24, 2.45) is 12.9 Å². The molecule has 0 saturated carbocycles. The van der Waals surface area contributed by atoms with E-state index in [0.717, 1.165) is 17.8 Å². The molecule has 2 aromatic rings. The van der Waals surface area contributed by atoms with Crippen molar-refractivity contribution in [2.45, 2.75) is 12.5 Å². The number of hydrogen-bond acceptors (Lipinski definition) is 4. The van der Waals surface area contributed by atoms with Crippen LogP contribution in [0.3, 0.4) is 0 Å². The van der Waals surface area contributed by atoms with Gasteiger partial charge in [-0.25, -0.2) is 4.98 Å². The molecule has 5 nitrogen and oxygen atoms in total. The molecule has 2 rings (SSSR count). The van der Waals surface area contributed by atoms with E-state index >= 15 is 0 Å². The van der Waals surface area contributed by atoms with E-state index in [1.807, 2.05) is 23.9 Å². The van der Waals surface area contributed by atoms with E-state index in [-0.39, 0.29) is 6.04 Å². The standard InChI is InChI=1S/C10H14N4O/c1-14-4-3-12-10(14)6-9(13-11)8-2-5-15-7-8/h2-5,7,9,13H,6,11H2,1H3. The fraction of sp³-hybridized carbons (Fsp3) is 0.300. The van der Waals surface area contributed by atoms with Gasteiger partial charge in [0.25, 0.3) is 0 Å². The zero-order chi connectivity index (χ0) is 10.7. The highest BCUT2D eigenvalue weighted by atomic mass is 16.3. The van der Waals surface area contributed by atoms with Crippen LogP contribution >= 0.6 is 0 Å². The van der Waals surface area contributed by atoms with Gasteiger partial charge in [0, 0.05) is 31.4 Å². The summed E-state index contributed by atoms with van der Waals surface area (Å²) in [5.74, 6) is 6.49. The van der Waals surface area contributed by atoms with Crippen LogP contribution in [-0.2, 0) is 13.5 Å². The van der Waals surface area contributed by atoms with Gasteiger partial charge in [0.1, 0.15) is 5.82 Å². The van der Waals surface area contributed by atoms with E-state index < -0.39 is 0 Å². The van der Waals surface area contributed by atoms with Gasteiger partial charge in [-0.15, -0.1) is 0 Å². The lowest BCUT2D eigenvalue weighted by atomic mass is 10.1. The van der Waals surface area contributed by atoms with Gasteiger partial charge in [-0.1, -0.05) is 0 Å². The Hall–Kier alpha value is -1.59. The minimum atomic E-state index is 0.0323. The summed E-state index contributed by atoms with van der Waals surface area (Å²) in [7, 11) is 1.96. The van der Waals surface area contributed by atoms with Crippen LogP contribution in [0.25, 0.3) is 0 Å². The average molecular weight is 206 g/mol. The quantitative estimate of drug-likeness (QED) is 0.572. The highest BCUT2D eigenvalue weighted by Gasteiger charge is 2.13. The summed E-state index contributed by atoms with van der Waals surface area (Å²) in [6.07, 6.45) is 7.75. The number of hydrogen-bond donors (Lipinski definition) is 2. The fourth-order valence-corrected chi connectivity index (χ4v) is 1.52. The molecule has 80 valence electrons. The van der Waals surface area contributed by atoms with Crippen molar-refractivity contribution in [3.8, 4) is 0 Å². The van der Waals surface area contributed by atoms with Crippen LogP contribution in [0.4, 0.5) is 0 Å². The monoisotopic (exact) mass is 206 g/mol. The predicted octanol–water partition coefficient (Wildman–Crippen LogP) is 0.760. The Morgan fingerprint density at radius 1 is 1.67 bits per heavy atom. The topological polar surface area (TPSA) is 69.0 Å². The minimum Gasteiger partial charge on any atom is -0.472 e. The number of hydrazine groups is 1. The van der Waals surface area contributed by atoms with Gasteiger partial charge in [0.05, 0.1) is 18.6 Å². The molecule has 0 fully saturated rings. The lowest BCUT2D eigenvalue weighted by molar-refractivity contribution is 0.512. The van der Waals surface area contributed by atoms with Crippen LogP contribution in [-0.4, -0.2) is 9.55 Å². The molecule has 0 aromatic carbocycles. The van der Waals surface area contributed by atoms with Gasteiger partial charge in [-0.2, -0.15) is 0 Å². The Labute approximate surface area is 87.9 Å². The van der Waals surface area contributed by atoms with Crippen molar-refractivity contribution in [1.82, 2.24) is 15.0 Å². The average Bonchev–Trinajstić information content (AvgIpc) is 2.86. The maximum atomic E-state index is 5.50. The molecular formula is C10H14N4O. The maximum absolute atomic E-state index is 5.50. The predicted molar refractivity (Wildman–Crippen MR) is 55.7 cm³/mol. The summed E-state index contributed by atoms with van der Waals surface area (Å²) >= 11 is 0. The Morgan fingerprint density at radius 3 is 3.07 bits per heavy atom. The second-order valence-electron chi connectivity index (χ2n) is 3.43. The lowest BCUT2D eigenvalue weighted by Gasteiger charge is -2.13. The largest absolute Gasteiger partial charge is 0.472 e. The molecule has 0 aliphatic carbocycles. The van der Waals surface area contributed by atoms with E-state index in [9.17, 15) is 0 Å². The van der Waals surface area contributed by atoms with Gasteiger partial charge >= 0.3 is 0 Å². The third-order valence-electron chi connectivity index (χ3n) is 2.45. The van der Waals surface area contributed by atoms with Gasteiger partial charge in [0.2, 0.25) is 0 Å². The molecule has 0 aliphatic heterocycles. The third kappa shape index (κ3) is 2.08. The third-order valence-corrected chi connectivity index (χ3v) is 2.45. The van der Waals surface area contributed by atoms with Crippen LogP contribution in [0.1, 0.15) is 17.4 Å². The second-order valence-corrected chi connectivity index (χ2v) is 3.43. The number of furan rings is 1. The number of rotatable bonds is 4. The molecule has 15 heavy (non-hydrogen) atoms. The molecule has 0 spiro atoms. The molecule has 0 aliphatic rings. The first-order chi connectivity index (χ1) is 7.31. The van der Waals surface area contributed by atoms with Gasteiger partial charge in [-0.05, 0) is 6.07 Å². The highest BCUT2D eigenvalue weighted by molar-refractivity contribution is 5.13. The number of aromatic nitrogens is 2. The zero-order valence-corrected chi connectivity index (χ0v) is 8.55. The lowest BCUT2D eigenvalue weighted by Crippen LogP contribution is -2.30.